The molecule has 1 heterocycles. The van der Waals surface area contributed by atoms with Gasteiger partial charge in [0.05, 0.1) is 22.6 Å². The molecule has 1 amide bonds. The van der Waals surface area contributed by atoms with Crippen LogP contribution in [-0.4, -0.2) is 29.3 Å². The van der Waals surface area contributed by atoms with Gasteiger partial charge in [0.1, 0.15) is 5.75 Å². The van der Waals surface area contributed by atoms with E-state index in [2.05, 4.69) is 17.2 Å². The minimum atomic E-state index is 0.119. The first-order chi connectivity index (χ1) is 11.7. The predicted octanol–water partition coefficient (Wildman–Crippen LogP) is 4.48. The number of nitrogens with one attached hydrogen (secondary N) is 1. The third-order valence-electron chi connectivity index (χ3n) is 4.44. The molecular formula is C18H24N2O2S2. The van der Waals surface area contributed by atoms with Crippen LogP contribution >= 0.6 is 23.1 Å². The number of carbonyl (C=O) groups is 1. The fraction of sp³-hybridized carbons (Fsp3) is 0.556. The van der Waals surface area contributed by atoms with E-state index in [4.69, 9.17) is 4.74 Å². The molecule has 3 rings (SSSR count). The quantitative estimate of drug-likeness (QED) is 0.768. The molecule has 4 nitrogen and oxygen atoms in total. The topological polar surface area (TPSA) is 51.2 Å². The Morgan fingerprint density at radius 1 is 1.42 bits per heavy atom. The van der Waals surface area contributed by atoms with Crippen LogP contribution in [0.5, 0.6) is 5.75 Å². The summed E-state index contributed by atoms with van der Waals surface area (Å²) in [5, 5.41) is 3.20. The van der Waals surface area contributed by atoms with Crippen molar-refractivity contribution in [3.63, 3.8) is 0 Å². The van der Waals surface area contributed by atoms with Crippen molar-refractivity contribution in [3.8, 4) is 5.75 Å². The zero-order valence-corrected chi connectivity index (χ0v) is 15.8. The summed E-state index contributed by atoms with van der Waals surface area (Å²) in [7, 11) is 0. The number of thioether (sulfide) groups is 1. The predicted molar refractivity (Wildman–Crippen MR) is 101 cm³/mol. The maximum absolute atomic E-state index is 12.2. The summed E-state index contributed by atoms with van der Waals surface area (Å²) in [6, 6.07) is 6.28. The summed E-state index contributed by atoms with van der Waals surface area (Å²) in [4.78, 5) is 16.8. The van der Waals surface area contributed by atoms with E-state index in [0.29, 0.717) is 24.3 Å². The van der Waals surface area contributed by atoms with Gasteiger partial charge in [0.25, 0.3) is 0 Å². The summed E-state index contributed by atoms with van der Waals surface area (Å²) in [5.41, 5.74) is 0.965. The van der Waals surface area contributed by atoms with Crippen molar-refractivity contribution in [1.82, 2.24) is 10.3 Å². The highest BCUT2D eigenvalue weighted by atomic mass is 32.2. The SMILES string of the molecule is CCOc1ccc2nc(SCC(=O)N[C@H]3CCCC[C@@H]3C)sc2c1. The van der Waals surface area contributed by atoms with Crippen LogP contribution < -0.4 is 10.1 Å². The standard InChI is InChI=1S/C18H24N2O2S2/c1-3-22-13-8-9-15-16(10-13)24-18(20-15)23-11-17(21)19-14-7-5-4-6-12(14)2/h8-10,12,14H,3-7,11H2,1-2H3,(H,19,21)/t12-,14-/m0/s1. The van der Waals surface area contributed by atoms with Crippen LogP contribution in [0.2, 0.25) is 0 Å². The Bertz CT molecular complexity index is 701. The van der Waals surface area contributed by atoms with Crippen molar-refractivity contribution in [1.29, 1.82) is 0 Å². The van der Waals surface area contributed by atoms with Gasteiger partial charge in [-0.05, 0) is 43.9 Å². The van der Waals surface area contributed by atoms with Crippen molar-refractivity contribution in [2.24, 2.45) is 5.92 Å². The molecule has 1 fully saturated rings. The molecule has 1 aliphatic carbocycles. The zero-order valence-electron chi connectivity index (χ0n) is 14.2. The number of carbonyl (C=O) groups excluding carboxylic acids is 1. The van der Waals surface area contributed by atoms with E-state index in [1.165, 1.54) is 31.0 Å². The summed E-state index contributed by atoms with van der Waals surface area (Å²) in [6.07, 6.45) is 4.84. The molecule has 130 valence electrons. The lowest BCUT2D eigenvalue weighted by molar-refractivity contribution is -0.119. The molecule has 0 spiro atoms. The molecule has 1 aromatic carbocycles. The number of aromatic nitrogens is 1. The van der Waals surface area contributed by atoms with E-state index in [-0.39, 0.29) is 5.91 Å². The molecule has 1 saturated carbocycles. The lowest BCUT2D eigenvalue weighted by Crippen LogP contribution is -2.41. The number of hydrogen-bond donors (Lipinski definition) is 1. The van der Waals surface area contributed by atoms with Gasteiger partial charge >= 0.3 is 0 Å². The molecule has 1 N–H and O–H groups in total. The number of hydrogen-bond acceptors (Lipinski definition) is 5. The van der Waals surface area contributed by atoms with Crippen molar-refractivity contribution in [2.45, 2.75) is 49.9 Å². The second-order valence-corrected chi connectivity index (χ2v) is 8.52. The second kappa shape index (κ2) is 8.21. The van der Waals surface area contributed by atoms with E-state index in [1.807, 2.05) is 25.1 Å². The molecule has 1 aliphatic rings. The first-order valence-electron chi connectivity index (χ1n) is 8.61. The lowest BCUT2D eigenvalue weighted by Gasteiger charge is -2.29. The Hall–Kier alpha value is -1.27. The summed E-state index contributed by atoms with van der Waals surface area (Å²) in [5.74, 6) is 2.01. The summed E-state index contributed by atoms with van der Waals surface area (Å²) < 4.78 is 7.56. The van der Waals surface area contributed by atoms with Crippen LogP contribution in [0, 0.1) is 5.92 Å². The van der Waals surface area contributed by atoms with Crippen molar-refractivity contribution < 1.29 is 9.53 Å². The van der Waals surface area contributed by atoms with Crippen LogP contribution in [0.4, 0.5) is 0 Å². The van der Waals surface area contributed by atoms with Gasteiger partial charge < -0.3 is 10.1 Å². The normalized spacial score (nSPS) is 20.9. The zero-order chi connectivity index (χ0) is 16.9. The summed E-state index contributed by atoms with van der Waals surface area (Å²) in [6.45, 7) is 4.87. The first kappa shape index (κ1) is 17.5. The highest BCUT2D eigenvalue weighted by molar-refractivity contribution is 8.01. The minimum Gasteiger partial charge on any atom is -0.494 e. The van der Waals surface area contributed by atoms with Gasteiger partial charge in [-0.2, -0.15) is 0 Å². The minimum absolute atomic E-state index is 0.119. The monoisotopic (exact) mass is 364 g/mol. The van der Waals surface area contributed by atoms with Gasteiger partial charge in [-0.25, -0.2) is 4.98 Å². The van der Waals surface area contributed by atoms with Crippen LogP contribution in [-0.2, 0) is 4.79 Å². The number of nitrogens with zero attached hydrogens (tertiary/aromatic N) is 1. The molecule has 0 bridgehead atoms. The molecule has 24 heavy (non-hydrogen) atoms. The Labute approximate surface area is 151 Å². The lowest BCUT2D eigenvalue weighted by atomic mass is 9.86. The van der Waals surface area contributed by atoms with E-state index >= 15 is 0 Å². The number of fused-ring (bicyclic) bond motifs is 1. The Kier molecular flexibility index (Phi) is 6.00. The molecule has 1 aromatic heterocycles. The first-order valence-corrected chi connectivity index (χ1v) is 10.4. The van der Waals surface area contributed by atoms with Crippen LogP contribution in [0.15, 0.2) is 22.5 Å². The maximum Gasteiger partial charge on any atom is 0.230 e. The number of thiazole rings is 1. The maximum atomic E-state index is 12.2. The van der Waals surface area contributed by atoms with Gasteiger partial charge in [0, 0.05) is 6.04 Å². The highest BCUT2D eigenvalue weighted by Crippen LogP contribution is 2.32. The van der Waals surface area contributed by atoms with Gasteiger partial charge in [0.15, 0.2) is 4.34 Å². The third-order valence-corrected chi connectivity index (χ3v) is 6.60. The number of amides is 1. The van der Waals surface area contributed by atoms with Crippen LogP contribution in [0.3, 0.4) is 0 Å². The van der Waals surface area contributed by atoms with Gasteiger partial charge in [-0.1, -0.05) is 31.5 Å². The highest BCUT2D eigenvalue weighted by Gasteiger charge is 2.22. The number of benzene rings is 1. The molecule has 2 atom stereocenters. The number of rotatable bonds is 6. The Balaban J connectivity index is 1.55. The van der Waals surface area contributed by atoms with E-state index in [1.54, 1.807) is 11.3 Å². The van der Waals surface area contributed by atoms with Gasteiger partial charge in [-0.3, -0.25) is 4.79 Å². The third kappa shape index (κ3) is 4.42. The molecule has 0 unspecified atom stereocenters. The average Bonchev–Trinajstić information content (AvgIpc) is 2.98. The van der Waals surface area contributed by atoms with Gasteiger partial charge in [0.2, 0.25) is 5.91 Å². The van der Waals surface area contributed by atoms with E-state index in [9.17, 15) is 4.79 Å². The molecule has 2 aromatic rings. The molecule has 0 aliphatic heterocycles. The van der Waals surface area contributed by atoms with Gasteiger partial charge in [-0.15, -0.1) is 11.3 Å². The van der Waals surface area contributed by atoms with Crippen molar-refractivity contribution in [2.75, 3.05) is 12.4 Å². The molecule has 6 heteroatoms. The average molecular weight is 365 g/mol. The Morgan fingerprint density at radius 3 is 3.04 bits per heavy atom. The fourth-order valence-electron chi connectivity index (χ4n) is 3.11. The molecular weight excluding hydrogens is 340 g/mol. The van der Waals surface area contributed by atoms with Crippen molar-refractivity contribution >= 4 is 39.2 Å². The smallest absolute Gasteiger partial charge is 0.230 e. The van der Waals surface area contributed by atoms with Crippen molar-refractivity contribution in [3.05, 3.63) is 18.2 Å². The van der Waals surface area contributed by atoms with Crippen LogP contribution in [0.1, 0.15) is 39.5 Å². The number of ether oxygens (including phenoxy) is 1. The van der Waals surface area contributed by atoms with E-state index in [0.717, 1.165) is 26.7 Å². The molecule has 0 saturated heterocycles. The second-order valence-electron chi connectivity index (χ2n) is 6.27. The summed E-state index contributed by atoms with van der Waals surface area (Å²) >= 11 is 3.14. The fourth-order valence-corrected chi connectivity index (χ4v) is 5.02. The molecule has 0 radical (unpaired) electrons. The largest absolute Gasteiger partial charge is 0.494 e. The van der Waals surface area contributed by atoms with Crippen LogP contribution in [0.25, 0.3) is 10.2 Å². The van der Waals surface area contributed by atoms with E-state index < -0.39 is 0 Å². The Morgan fingerprint density at radius 2 is 2.25 bits per heavy atom.